The summed E-state index contributed by atoms with van der Waals surface area (Å²) in [7, 11) is 4.31. The largest absolute Gasteiger partial charge is 0.318 e. The Morgan fingerprint density at radius 2 is 2.07 bits per heavy atom. The second-order valence-electron chi connectivity index (χ2n) is 4.79. The van der Waals surface area contributed by atoms with Crippen molar-refractivity contribution in [2.24, 2.45) is 5.92 Å². The van der Waals surface area contributed by atoms with Gasteiger partial charge in [-0.3, -0.25) is 0 Å². The Balaban J connectivity index is 1.85. The van der Waals surface area contributed by atoms with E-state index in [0.29, 0.717) is 0 Å². The van der Waals surface area contributed by atoms with Crippen LogP contribution in [-0.4, -0.2) is 62.7 Å². The lowest BCUT2D eigenvalue weighted by Gasteiger charge is -2.48. The first kappa shape index (κ1) is 10.4. The third kappa shape index (κ3) is 2.10. The molecule has 0 spiro atoms. The van der Waals surface area contributed by atoms with Crippen molar-refractivity contribution < 1.29 is 0 Å². The number of nitrogens with zero attached hydrogens (tertiary/aromatic N) is 2. The van der Waals surface area contributed by atoms with Crippen LogP contribution in [0.3, 0.4) is 0 Å². The minimum absolute atomic E-state index is 0.825. The average Bonchev–Trinajstić information content (AvgIpc) is 2.27. The molecule has 3 aliphatic heterocycles. The van der Waals surface area contributed by atoms with Crippen LogP contribution in [0.5, 0.6) is 0 Å². The molecule has 3 fully saturated rings. The molecule has 2 bridgehead atoms. The Bertz CT molecular complexity index is 175. The first-order valence-corrected chi connectivity index (χ1v) is 5.88. The predicted molar refractivity (Wildman–Crippen MR) is 59.5 cm³/mol. The van der Waals surface area contributed by atoms with Gasteiger partial charge in [-0.15, -0.1) is 0 Å². The summed E-state index contributed by atoms with van der Waals surface area (Å²) in [6.07, 6.45) is 2.85. The summed E-state index contributed by atoms with van der Waals surface area (Å²) in [4.78, 5) is 5.17. The number of nitrogens with one attached hydrogen (secondary N) is 1. The molecule has 3 heteroatoms. The molecular formula is C11H23N3. The number of hydrogen-bond donors (Lipinski definition) is 1. The maximum Gasteiger partial charge on any atom is 0.0249 e. The Morgan fingerprint density at radius 3 is 2.57 bits per heavy atom. The van der Waals surface area contributed by atoms with Crippen LogP contribution in [-0.2, 0) is 0 Å². The summed E-state index contributed by atoms with van der Waals surface area (Å²) in [5.74, 6) is 0.974. The van der Waals surface area contributed by atoms with Crippen LogP contribution in [0.25, 0.3) is 0 Å². The van der Waals surface area contributed by atoms with Gasteiger partial charge in [-0.25, -0.2) is 0 Å². The Labute approximate surface area is 87.4 Å². The summed E-state index contributed by atoms with van der Waals surface area (Å²) in [5.41, 5.74) is 0. The molecule has 82 valence electrons. The van der Waals surface area contributed by atoms with Crippen LogP contribution in [0.1, 0.15) is 12.8 Å². The Hall–Kier alpha value is -0.120. The van der Waals surface area contributed by atoms with Gasteiger partial charge in [0.25, 0.3) is 0 Å². The van der Waals surface area contributed by atoms with Crippen LogP contribution in [0.4, 0.5) is 0 Å². The van der Waals surface area contributed by atoms with Crippen molar-refractivity contribution in [1.29, 1.82) is 0 Å². The van der Waals surface area contributed by atoms with Crippen molar-refractivity contribution >= 4 is 0 Å². The highest BCUT2D eigenvalue weighted by atomic mass is 15.2. The van der Waals surface area contributed by atoms with Crippen LogP contribution >= 0.6 is 0 Å². The lowest BCUT2D eigenvalue weighted by Crippen LogP contribution is -2.57. The van der Waals surface area contributed by atoms with Crippen molar-refractivity contribution in [3.05, 3.63) is 0 Å². The lowest BCUT2D eigenvalue weighted by molar-refractivity contribution is 0.0174. The molecule has 1 N–H and O–H groups in total. The molecule has 3 rings (SSSR count). The highest BCUT2D eigenvalue weighted by Crippen LogP contribution is 2.29. The second-order valence-corrected chi connectivity index (χ2v) is 4.79. The monoisotopic (exact) mass is 197 g/mol. The number of piperidine rings is 3. The molecule has 0 saturated carbocycles. The van der Waals surface area contributed by atoms with E-state index in [9.17, 15) is 0 Å². The topological polar surface area (TPSA) is 18.5 Å². The highest BCUT2D eigenvalue weighted by molar-refractivity contribution is 4.91. The van der Waals surface area contributed by atoms with Crippen molar-refractivity contribution in [3.63, 3.8) is 0 Å². The minimum atomic E-state index is 0.825. The average molecular weight is 197 g/mol. The fraction of sp³-hybridized carbons (Fsp3) is 1.00. The van der Waals surface area contributed by atoms with Gasteiger partial charge in [0.1, 0.15) is 0 Å². The zero-order chi connectivity index (χ0) is 9.97. The number of rotatable bonds is 4. The van der Waals surface area contributed by atoms with Gasteiger partial charge in [-0.1, -0.05) is 0 Å². The van der Waals surface area contributed by atoms with Gasteiger partial charge in [0.15, 0.2) is 0 Å². The maximum absolute atomic E-state index is 3.23. The van der Waals surface area contributed by atoms with E-state index in [2.05, 4.69) is 22.2 Å². The molecule has 0 radical (unpaired) electrons. The lowest BCUT2D eigenvalue weighted by atomic mass is 9.83. The fourth-order valence-electron chi connectivity index (χ4n) is 2.89. The molecule has 0 aromatic carbocycles. The molecule has 3 saturated heterocycles. The summed E-state index contributed by atoms with van der Waals surface area (Å²) in [6.45, 7) is 6.30. The van der Waals surface area contributed by atoms with Crippen LogP contribution in [0.15, 0.2) is 0 Å². The van der Waals surface area contributed by atoms with E-state index >= 15 is 0 Å². The van der Waals surface area contributed by atoms with Gasteiger partial charge < -0.3 is 15.1 Å². The molecular weight excluding hydrogens is 174 g/mol. The van der Waals surface area contributed by atoms with Gasteiger partial charge in [-0.05, 0) is 45.9 Å². The zero-order valence-corrected chi connectivity index (χ0v) is 9.50. The van der Waals surface area contributed by atoms with Crippen molar-refractivity contribution in [2.45, 2.75) is 18.9 Å². The molecule has 1 unspecified atom stereocenters. The first-order valence-electron chi connectivity index (χ1n) is 5.88. The summed E-state index contributed by atoms with van der Waals surface area (Å²) < 4.78 is 0. The van der Waals surface area contributed by atoms with E-state index in [1.165, 1.54) is 39.0 Å². The quantitative estimate of drug-likeness (QED) is 0.696. The molecule has 3 aliphatic rings. The first-order chi connectivity index (χ1) is 6.81. The third-order valence-electron chi connectivity index (χ3n) is 3.90. The van der Waals surface area contributed by atoms with Gasteiger partial charge >= 0.3 is 0 Å². The van der Waals surface area contributed by atoms with Gasteiger partial charge in [0.05, 0.1) is 0 Å². The molecule has 0 aromatic rings. The molecule has 0 aliphatic carbocycles. The standard InChI is InChI=1S/C11H23N3/c1-12-5-8-13(2)11-9-14-6-3-10(11)4-7-14/h10-12H,3-9H2,1-2H3. The molecule has 14 heavy (non-hydrogen) atoms. The molecule has 0 aromatic heterocycles. The summed E-state index contributed by atoms with van der Waals surface area (Å²) in [6, 6.07) is 0.825. The van der Waals surface area contributed by atoms with Crippen LogP contribution < -0.4 is 5.32 Å². The van der Waals surface area contributed by atoms with Gasteiger partial charge in [0.2, 0.25) is 0 Å². The zero-order valence-electron chi connectivity index (χ0n) is 9.50. The summed E-state index contributed by atoms with van der Waals surface area (Å²) in [5, 5.41) is 3.23. The minimum Gasteiger partial charge on any atom is -0.318 e. The molecule has 1 atom stereocenters. The fourth-order valence-corrected chi connectivity index (χ4v) is 2.89. The van der Waals surface area contributed by atoms with Crippen molar-refractivity contribution in [2.75, 3.05) is 46.8 Å². The van der Waals surface area contributed by atoms with Crippen LogP contribution in [0, 0.1) is 5.92 Å². The van der Waals surface area contributed by atoms with Gasteiger partial charge in [-0.2, -0.15) is 0 Å². The Kier molecular flexibility index (Phi) is 3.42. The smallest absolute Gasteiger partial charge is 0.0249 e. The van der Waals surface area contributed by atoms with Crippen molar-refractivity contribution in [3.8, 4) is 0 Å². The second kappa shape index (κ2) is 4.60. The van der Waals surface area contributed by atoms with E-state index in [1.54, 1.807) is 0 Å². The molecule has 0 amide bonds. The predicted octanol–water partition coefficient (Wildman–Crippen LogP) is 0.232. The van der Waals surface area contributed by atoms with E-state index in [1.807, 2.05) is 7.05 Å². The van der Waals surface area contributed by atoms with Gasteiger partial charge in [0, 0.05) is 25.7 Å². The van der Waals surface area contributed by atoms with Crippen molar-refractivity contribution in [1.82, 2.24) is 15.1 Å². The SMILES string of the molecule is CNCCN(C)C1CN2CCC1CC2. The normalized spacial score (nSPS) is 36.6. The molecule has 3 heterocycles. The third-order valence-corrected chi connectivity index (χ3v) is 3.90. The molecule has 3 nitrogen and oxygen atoms in total. The van der Waals surface area contributed by atoms with E-state index < -0.39 is 0 Å². The summed E-state index contributed by atoms with van der Waals surface area (Å²) >= 11 is 0. The maximum atomic E-state index is 3.23. The number of fused-ring (bicyclic) bond motifs is 3. The number of hydrogen-bond acceptors (Lipinski definition) is 3. The van der Waals surface area contributed by atoms with E-state index in [4.69, 9.17) is 0 Å². The van der Waals surface area contributed by atoms with Crippen LogP contribution in [0.2, 0.25) is 0 Å². The van der Waals surface area contributed by atoms with E-state index in [-0.39, 0.29) is 0 Å². The Morgan fingerprint density at radius 1 is 1.36 bits per heavy atom. The van der Waals surface area contributed by atoms with E-state index in [0.717, 1.165) is 18.5 Å². The highest BCUT2D eigenvalue weighted by Gasteiger charge is 2.35. The number of likely N-dealkylation sites (N-methyl/N-ethyl adjacent to an activating group) is 2.